The molecule has 3 heteroatoms. The summed E-state index contributed by atoms with van der Waals surface area (Å²) < 4.78 is 14.8. The maximum atomic E-state index is 14.8. The third-order valence-corrected chi connectivity index (χ3v) is 5.71. The van der Waals surface area contributed by atoms with Gasteiger partial charge in [0.25, 0.3) is 0 Å². The minimum atomic E-state index is -1.02. The first-order valence-electron chi connectivity index (χ1n) is 9.45. The largest absolute Gasteiger partial charge is 0.358 e. The highest BCUT2D eigenvalue weighted by Crippen LogP contribution is 2.50. The lowest BCUT2D eigenvalue weighted by atomic mass is 9.60. The van der Waals surface area contributed by atoms with Crippen molar-refractivity contribution in [2.24, 2.45) is 5.92 Å². The van der Waals surface area contributed by atoms with Crippen molar-refractivity contribution < 1.29 is 9.18 Å². The van der Waals surface area contributed by atoms with E-state index in [-0.39, 0.29) is 17.7 Å². The van der Waals surface area contributed by atoms with Crippen LogP contribution in [0.4, 0.5) is 4.39 Å². The quantitative estimate of drug-likeness (QED) is 0.661. The molecule has 1 aliphatic rings. The molecule has 0 aliphatic heterocycles. The van der Waals surface area contributed by atoms with E-state index in [0.29, 0.717) is 11.1 Å². The zero-order valence-corrected chi connectivity index (χ0v) is 15.9. The first kappa shape index (κ1) is 18.2. The lowest BCUT2D eigenvalue weighted by molar-refractivity contribution is -0.126. The molecule has 140 valence electrons. The zero-order chi connectivity index (χ0) is 19.7. The fourth-order valence-corrected chi connectivity index (χ4v) is 4.45. The van der Waals surface area contributed by atoms with E-state index in [1.165, 1.54) is 0 Å². The molecule has 0 radical (unpaired) electrons. The summed E-state index contributed by atoms with van der Waals surface area (Å²) in [5.41, 5.74) is 3.04. The monoisotopic (exact) mass is 371 g/mol. The molecule has 4 rings (SSSR count). The molecule has 3 aromatic rings. The van der Waals surface area contributed by atoms with E-state index >= 15 is 0 Å². The van der Waals surface area contributed by atoms with E-state index in [0.717, 1.165) is 16.7 Å². The molecule has 2 nitrogen and oxygen atoms in total. The molecule has 1 N–H and O–H groups in total. The average molecular weight is 371 g/mol. The molecule has 0 fully saturated rings. The molecule has 2 unspecified atom stereocenters. The van der Waals surface area contributed by atoms with Crippen LogP contribution in [0.15, 0.2) is 84.9 Å². The fraction of sp³-hybridized carbons (Fsp3) is 0.160. The van der Waals surface area contributed by atoms with Crippen LogP contribution in [0.1, 0.15) is 23.6 Å². The van der Waals surface area contributed by atoms with Crippen LogP contribution >= 0.6 is 0 Å². The van der Waals surface area contributed by atoms with Gasteiger partial charge in [0.15, 0.2) is 0 Å². The van der Waals surface area contributed by atoms with Crippen LogP contribution in [0.5, 0.6) is 0 Å². The molecule has 0 saturated heterocycles. The Hall–Kier alpha value is -3.20. The Bertz CT molecular complexity index is 1060. The number of halogens is 1. The summed E-state index contributed by atoms with van der Waals surface area (Å²) in [7, 11) is 1.64. The van der Waals surface area contributed by atoms with Crippen molar-refractivity contribution in [2.75, 3.05) is 7.05 Å². The van der Waals surface area contributed by atoms with Crippen molar-refractivity contribution in [2.45, 2.75) is 12.3 Å². The minimum absolute atomic E-state index is 0.139. The van der Waals surface area contributed by atoms with Gasteiger partial charge in [-0.1, -0.05) is 85.8 Å². The topological polar surface area (TPSA) is 29.1 Å². The second-order valence-electron chi connectivity index (χ2n) is 7.15. The van der Waals surface area contributed by atoms with E-state index in [1.807, 2.05) is 73.7 Å². The van der Waals surface area contributed by atoms with Gasteiger partial charge < -0.3 is 5.32 Å². The fourth-order valence-electron chi connectivity index (χ4n) is 4.45. The van der Waals surface area contributed by atoms with E-state index in [1.54, 1.807) is 25.3 Å². The number of likely N-dealkylation sites (N-methyl/N-ethyl adjacent to an activating group) is 1. The number of carbonyl (C=O) groups excluding carboxylic acids is 1. The van der Waals surface area contributed by atoms with Crippen molar-refractivity contribution in [3.8, 4) is 11.1 Å². The van der Waals surface area contributed by atoms with Gasteiger partial charge in [-0.2, -0.15) is 0 Å². The second kappa shape index (κ2) is 7.08. The highest BCUT2D eigenvalue weighted by atomic mass is 19.1. The average Bonchev–Trinajstić information content (AvgIpc) is 2.75. The number of amides is 1. The Morgan fingerprint density at radius 1 is 0.857 bits per heavy atom. The SMILES string of the molecule is CNC(=O)C1(c2ccccc2-c2ccccc2)c2ccccc2C(F)=CC1C. The summed E-state index contributed by atoms with van der Waals surface area (Å²) in [6, 6.07) is 25.2. The van der Waals surface area contributed by atoms with Gasteiger partial charge in [-0.05, 0) is 34.2 Å². The highest BCUT2D eigenvalue weighted by Gasteiger charge is 2.50. The Morgan fingerprint density at radius 2 is 1.39 bits per heavy atom. The number of benzene rings is 3. The summed E-state index contributed by atoms with van der Waals surface area (Å²) in [6.07, 6.45) is 1.57. The maximum Gasteiger partial charge on any atom is 0.235 e. The molecule has 0 bridgehead atoms. The molecule has 0 heterocycles. The molecule has 2 atom stereocenters. The van der Waals surface area contributed by atoms with Gasteiger partial charge in [-0.3, -0.25) is 4.79 Å². The van der Waals surface area contributed by atoms with Gasteiger partial charge in [-0.15, -0.1) is 0 Å². The smallest absolute Gasteiger partial charge is 0.235 e. The molecule has 1 amide bonds. The van der Waals surface area contributed by atoms with Gasteiger partial charge in [0.1, 0.15) is 11.2 Å². The van der Waals surface area contributed by atoms with Crippen molar-refractivity contribution >= 4 is 11.7 Å². The third-order valence-electron chi connectivity index (χ3n) is 5.71. The molecule has 0 aromatic heterocycles. The van der Waals surface area contributed by atoms with Crippen LogP contribution in [0.25, 0.3) is 17.0 Å². The van der Waals surface area contributed by atoms with Gasteiger partial charge in [0.05, 0.1) is 0 Å². The normalized spacial score (nSPS) is 20.8. The standard InChI is InChI=1S/C25H22FNO/c1-17-16-23(26)20-13-7-9-15-22(20)25(17,24(28)27-2)21-14-8-6-12-19(21)18-10-4-3-5-11-18/h3-17H,1-2H3,(H,27,28). The van der Waals surface area contributed by atoms with E-state index in [9.17, 15) is 9.18 Å². The summed E-state index contributed by atoms with van der Waals surface area (Å²) in [4.78, 5) is 13.5. The Balaban J connectivity index is 2.10. The summed E-state index contributed by atoms with van der Waals surface area (Å²) in [6.45, 7) is 1.91. The number of hydrogen-bond acceptors (Lipinski definition) is 1. The van der Waals surface area contributed by atoms with E-state index in [2.05, 4.69) is 5.32 Å². The van der Waals surface area contributed by atoms with Gasteiger partial charge in [-0.25, -0.2) is 4.39 Å². The van der Waals surface area contributed by atoms with Crippen LogP contribution in [-0.4, -0.2) is 13.0 Å². The van der Waals surface area contributed by atoms with Crippen LogP contribution in [-0.2, 0) is 10.2 Å². The van der Waals surface area contributed by atoms with Crippen LogP contribution in [0.3, 0.4) is 0 Å². The number of rotatable bonds is 3. The molecule has 3 aromatic carbocycles. The van der Waals surface area contributed by atoms with Gasteiger partial charge in [0, 0.05) is 12.6 Å². The number of allylic oxidation sites excluding steroid dienone is 1. The number of fused-ring (bicyclic) bond motifs is 1. The Morgan fingerprint density at radius 3 is 2.04 bits per heavy atom. The molecule has 1 aliphatic carbocycles. The molecule has 0 saturated carbocycles. The maximum absolute atomic E-state index is 14.8. The second-order valence-corrected chi connectivity index (χ2v) is 7.15. The van der Waals surface area contributed by atoms with E-state index in [4.69, 9.17) is 0 Å². The van der Waals surface area contributed by atoms with Crippen molar-refractivity contribution in [3.05, 3.63) is 102 Å². The summed E-state index contributed by atoms with van der Waals surface area (Å²) in [5, 5.41) is 2.85. The molecule has 28 heavy (non-hydrogen) atoms. The van der Waals surface area contributed by atoms with Gasteiger partial charge in [0.2, 0.25) is 5.91 Å². The highest BCUT2D eigenvalue weighted by molar-refractivity contribution is 5.97. The summed E-state index contributed by atoms with van der Waals surface area (Å²) >= 11 is 0. The lowest BCUT2D eigenvalue weighted by Crippen LogP contribution is -2.50. The zero-order valence-electron chi connectivity index (χ0n) is 15.9. The predicted octanol–water partition coefficient (Wildman–Crippen LogP) is 5.35. The lowest BCUT2D eigenvalue weighted by Gasteiger charge is -2.42. The van der Waals surface area contributed by atoms with Gasteiger partial charge >= 0.3 is 0 Å². The van der Waals surface area contributed by atoms with E-state index < -0.39 is 5.41 Å². The van der Waals surface area contributed by atoms with Crippen LogP contribution in [0.2, 0.25) is 0 Å². The van der Waals surface area contributed by atoms with Crippen molar-refractivity contribution in [1.29, 1.82) is 0 Å². The van der Waals surface area contributed by atoms with Crippen molar-refractivity contribution in [3.63, 3.8) is 0 Å². The number of carbonyl (C=O) groups is 1. The predicted molar refractivity (Wildman–Crippen MR) is 111 cm³/mol. The van der Waals surface area contributed by atoms with Crippen LogP contribution in [0, 0.1) is 5.92 Å². The Kier molecular flexibility index (Phi) is 4.60. The minimum Gasteiger partial charge on any atom is -0.358 e. The molecular formula is C25H22FNO. The third kappa shape index (κ3) is 2.58. The molecule has 0 spiro atoms. The van der Waals surface area contributed by atoms with Crippen LogP contribution < -0.4 is 5.32 Å². The summed E-state index contributed by atoms with van der Waals surface area (Å²) in [5.74, 6) is -0.772. The number of hydrogen-bond donors (Lipinski definition) is 1. The van der Waals surface area contributed by atoms with Crippen molar-refractivity contribution in [1.82, 2.24) is 5.32 Å². The first-order chi connectivity index (χ1) is 13.6. The molecular weight excluding hydrogens is 349 g/mol. The number of nitrogens with one attached hydrogen (secondary N) is 1. The first-order valence-corrected chi connectivity index (χ1v) is 9.45. The Labute approximate surface area is 164 Å².